The SMILES string of the molecule is CCNC(=O)c1ccc(OCCC(C)C)c(N)c1. The highest BCUT2D eigenvalue weighted by atomic mass is 16.5. The molecule has 0 radical (unpaired) electrons. The Morgan fingerprint density at radius 2 is 2.17 bits per heavy atom. The largest absolute Gasteiger partial charge is 0.491 e. The molecule has 4 heteroatoms. The van der Waals surface area contributed by atoms with Crippen LogP contribution in [0.25, 0.3) is 0 Å². The van der Waals surface area contributed by atoms with Gasteiger partial charge in [-0.15, -0.1) is 0 Å². The van der Waals surface area contributed by atoms with E-state index in [4.69, 9.17) is 10.5 Å². The maximum atomic E-state index is 11.6. The van der Waals surface area contributed by atoms with Gasteiger partial charge in [0.1, 0.15) is 5.75 Å². The van der Waals surface area contributed by atoms with Crippen molar-refractivity contribution in [2.45, 2.75) is 27.2 Å². The van der Waals surface area contributed by atoms with Crippen molar-refractivity contribution in [3.8, 4) is 5.75 Å². The average Bonchev–Trinajstić information content (AvgIpc) is 2.31. The molecule has 0 bridgehead atoms. The minimum Gasteiger partial charge on any atom is -0.491 e. The molecule has 0 aliphatic rings. The smallest absolute Gasteiger partial charge is 0.251 e. The molecule has 18 heavy (non-hydrogen) atoms. The predicted octanol–water partition coefficient (Wildman–Crippen LogP) is 2.44. The van der Waals surface area contributed by atoms with Crippen LogP contribution in [0.5, 0.6) is 5.75 Å². The highest BCUT2D eigenvalue weighted by Gasteiger charge is 2.08. The molecular formula is C14H22N2O2. The second-order valence-corrected chi connectivity index (χ2v) is 4.64. The van der Waals surface area contributed by atoms with Crippen LogP contribution in [0.3, 0.4) is 0 Å². The lowest BCUT2D eigenvalue weighted by Crippen LogP contribution is -2.22. The minimum absolute atomic E-state index is 0.113. The maximum absolute atomic E-state index is 11.6. The molecule has 4 nitrogen and oxygen atoms in total. The van der Waals surface area contributed by atoms with E-state index >= 15 is 0 Å². The zero-order valence-electron chi connectivity index (χ0n) is 11.3. The van der Waals surface area contributed by atoms with Crippen LogP contribution < -0.4 is 15.8 Å². The quantitative estimate of drug-likeness (QED) is 0.762. The standard InChI is InChI=1S/C14H22N2O2/c1-4-16-14(17)11-5-6-13(12(15)9-11)18-8-7-10(2)3/h5-6,9-10H,4,7-8,15H2,1-3H3,(H,16,17). The summed E-state index contributed by atoms with van der Waals surface area (Å²) in [5, 5.41) is 2.73. The van der Waals surface area contributed by atoms with Crippen molar-refractivity contribution in [1.29, 1.82) is 0 Å². The van der Waals surface area contributed by atoms with Gasteiger partial charge in [-0.1, -0.05) is 13.8 Å². The fraction of sp³-hybridized carbons (Fsp3) is 0.500. The molecule has 0 unspecified atom stereocenters. The number of hydrogen-bond acceptors (Lipinski definition) is 3. The number of benzene rings is 1. The molecule has 1 aromatic carbocycles. The number of hydrogen-bond donors (Lipinski definition) is 2. The molecule has 3 N–H and O–H groups in total. The molecule has 0 atom stereocenters. The fourth-order valence-corrected chi connectivity index (χ4v) is 1.49. The van der Waals surface area contributed by atoms with Crippen LogP contribution >= 0.6 is 0 Å². The van der Waals surface area contributed by atoms with E-state index in [9.17, 15) is 4.79 Å². The van der Waals surface area contributed by atoms with E-state index in [-0.39, 0.29) is 5.91 Å². The lowest BCUT2D eigenvalue weighted by Gasteiger charge is -2.11. The maximum Gasteiger partial charge on any atom is 0.251 e. The topological polar surface area (TPSA) is 64.3 Å². The number of anilines is 1. The summed E-state index contributed by atoms with van der Waals surface area (Å²) in [6.07, 6.45) is 0.984. The van der Waals surface area contributed by atoms with Crippen LogP contribution in [0, 0.1) is 5.92 Å². The monoisotopic (exact) mass is 250 g/mol. The average molecular weight is 250 g/mol. The van der Waals surface area contributed by atoms with Gasteiger partial charge in [-0.2, -0.15) is 0 Å². The van der Waals surface area contributed by atoms with E-state index in [0.29, 0.717) is 36.1 Å². The zero-order valence-corrected chi connectivity index (χ0v) is 11.3. The Kier molecular flexibility index (Phi) is 5.49. The molecular weight excluding hydrogens is 228 g/mol. The number of carbonyl (C=O) groups excluding carboxylic acids is 1. The summed E-state index contributed by atoms with van der Waals surface area (Å²) in [5.74, 6) is 1.13. The van der Waals surface area contributed by atoms with Crippen LogP contribution in [-0.2, 0) is 0 Å². The molecule has 0 aliphatic carbocycles. The number of carbonyl (C=O) groups is 1. The third-order valence-electron chi connectivity index (χ3n) is 2.56. The Bertz CT molecular complexity index is 403. The summed E-state index contributed by atoms with van der Waals surface area (Å²) in [6.45, 7) is 7.41. The Morgan fingerprint density at radius 1 is 1.44 bits per heavy atom. The van der Waals surface area contributed by atoms with Gasteiger partial charge >= 0.3 is 0 Å². The Labute approximate surface area is 109 Å². The third-order valence-corrected chi connectivity index (χ3v) is 2.56. The van der Waals surface area contributed by atoms with Crippen molar-refractivity contribution >= 4 is 11.6 Å². The number of nitrogens with two attached hydrogens (primary N) is 1. The number of nitrogens with one attached hydrogen (secondary N) is 1. The summed E-state index contributed by atoms with van der Waals surface area (Å²) in [6, 6.07) is 5.13. The molecule has 0 aromatic heterocycles. The van der Waals surface area contributed by atoms with Crippen LogP contribution in [0.15, 0.2) is 18.2 Å². The van der Waals surface area contributed by atoms with Crippen LogP contribution in [0.1, 0.15) is 37.6 Å². The molecule has 1 aromatic rings. The van der Waals surface area contributed by atoms with E-state index in [1.165, 1.54) is 0 Å². The van der Waals surface area contributed by atoms with Gasteiger partial charge in [0.2, 0.25) is 0 Å². The second kappa shape index (κ2) is 6.89. The molecule has 0 aliphatic heterocycles. The van der Waals surface area contributed by atoms with Crippen molar-refractivity contribution in [2.75, 3.05) is 18.9 Å². The van der Waals surface area contributed by atoms with E-state index in [2.05, 4.69) is 19.2 Å². The molecule has 0 heterocycles. The van der Waals surface area contributed by atoms with Gasteiger partial charge < -0.3 is 15.8 Å². The third kappa shape index (κ3) is 4.28. The molecule has 0 fully saturated rings. The highest BCUT2D eigenvalue weighted by molar-refractivity contribution is 5.95. The number of nitrogen functional groups attached to an aromatic ring is 1. The van der Waals surface area contributed by atoms with Crippen LogP contribution in [0.2, 0.25) is 0 Å². The molecule has 1 amide bonds. The fourth-order valence-electron chi connectivity index (χ4n) is 1.49. The van der Waals surface area contributed by atoms with Crippen molar-refractivity contribution in [3.05, 3.63) is 23.8 Å². The number of ether oxygens (including phenoxy) is 1. The summed E-state index contributed by atoms with van der Waals surface area (Å²) >= 11 is 0. The Morgan fingerprint density at radius 3 is 2.72 bits per heavy atom. The summed E-state index contributed by atoms with van der Waals surface area (Å²) in [5.41, 5.74) is 6.93. The predicted molar refractivity (Wildman–Crippen MR) is 73.8 cm³/mol. The Hall–Kier alpha value is -1.71. The van der Waals surface area contributed by atoms with Gasteiger partial charge in [0.15, 0.2) is 0 Å². The van der Waals surface area contributed by atoms with Gasteiger partial charge in [-0.25, -0.2) is 0 Å². The highest BCUT2D eigenvalue weighted by Crippen LogP contribution is 2.23. The van der Waals surface area contributed by atoms with Crippen molar-refractivity contribution in [1.82, 2.24) is 5.32 Å². The lowest BCUT2D eigenvalue weighted by atomic mass is 10.1. The van der Waals surface area contributed by atoms with Gasteiger partial charge in [-0.3, -0.25) is 4.79 Å². The summed E-state index contributed by atoms with van der Waals surface area (Å²) in [4.78, 5) is 11.6. The number of rotatable bonds is 6. The first kappa shape index (κ1) is 14.4. The Balaban J connectivity index is 2.65. The number of amides is 1. The van der Waals surface area contributed by atoms with Crippen molar-refractivity contribution < 1.29 is 9.53 Å². The zero-order chi connectivity index (χ0) is 13.5. The van der Waals surface area contributed by atoms with Gasteiger partial charge in [0.25, 0.3) is 5.91 Å². The van der Waals surface area contributed by atoms with E-state index in [0.717, 1.165) is 6.42 Å². The molecule has 100 valence electrons. The molecule has 1 rings (SSSR count). The van der Waals surface area contributed by atoms with Crippen molar-refractivity contribution in [3.63, 3.8) is 0 Å². The van der Waals surface area contributed by atoms with Crippen LogP contribution in [0.4, 0.5) is 5.69 Å². The first-order valence-corrected chi connectivity index (χ1v) is 6.35. The summed E-state index contributed by atoms with van der Waals surface area (Å²) < 4.78 is 5.59. The molecule has 0 spiro atoms. The van der Waals surface area contributed by atoms with E-state index < -0.39 is 0 Å². The molecule has 0 saturated carbocycles. The molecule has 0 saturated heterocycles. The second-order valence-electron chi connectivity index (χ2n) is 4.64. The van der Waals surface area contributed by atoms with Crippen molar-refractivity contribution in [2.24, 2.45) is 5.92 Å². The lowest BCUT2D eigenvalue weighted by molar-refractivity contribution is 0.0956. The van der Waals surface area contributed by atoms with Gasteiger partial charge in [0.05, 0.1) is 12.3 Å². The summed E-state index contributed by atoms with van der Waals surface area (Å²) in [7, 11) is 0. The van der Waals surface area contributed by atoms with E-state index in [1.807, 2.05) is 6.92 Å². The first-order chi connectivity index (χ1) is 8.54. The minimum atomic E-state index is -0.113. The van der Waals surface area contributed by atoms with E-state index in [1.54, 1.807) is 18.2 Å². The van der Waals surface area contributed by atoms with Gasteiger partial charge in [-0.05, 0) is 37.5 Å². The van der Waals surface area contributed by atoms with Gasteiger partial charge in [0, 0.05) is 12.1 Å². The normalized spacial score (nSPS) is 10.4. The van der Waals surface area contributed by atoms with Crippen LogP contribution in [-0.4, -0.2) is 19.1 Å². The first-order valence-electron chi connectivity index (χ1n) is 6.35.